The third kappa shape index (κ3) is 27.5. The Hall–Kier alpha value is -9.64. The zero-order valence-corrected chi connectivity index (χ0v) is 80.4. The fourth-order valence-corrected chi connectivity index (χ4v) is 24.5. The van der Waals surface area contributed by atoms with Crippen molar-refractivity contribution in [1.82, 2.24) is 26.6 Å². The summed E-state index contributed by atoms with van der Waals surface area (Å²) in [5, 5.41) is 14.9. The van der Waals surface area contributed by atoms with Crippen molar-refractivity contribution >= 4 is 36.4 Å². The van der Waals surface area contributed by atoms with Crippen LogP contribution < -0.4 is 26.6 Å². The fraction of sp³-hybridized carbons (Fsp3) is 0.575. The van der Waals surface area contributed by atoms with Gasteiger partial charge in [0.15, 0.2) is 12.2 Å². The Morgan fingerprint density at radius 1 is 0.377 bits per heavy atom. The average Bonchev–Trinajstić information content (AvgIpc) is 0.730. The first-order valence-corrected chi connectivity index (χ1v) is 49.7. The van der Waals surface area contributed by atoms with Gasteiger partial charge >= 0.3 is 36.4 Å². The van der Waals surface area contributed by atoms with Crippen LogP contribution in [0.15, 0.2) is 206 Å². The molecule has 0 aromatic heterocycles. The van der Waals surface area contributed by atoms with E-state index in [1.54, 1.807) is 0 Å². The van der Waals surface area contributed by atoms with Crippen LogP contribution in [0.25, 0.3) is 0 Å². The van der Waals surface area contributed by atoms with Crippen molar-refractivity contribution in [2.45, 2.75) is 287 Å². The van der Waals surface area contributed by atoms with Gasteiger partial charge in [-0.15, -0.1) is 0 Å². The smallest absolute Gasteiger partial charge is 0.408 e. The van der Waals surface area contributed by atoms with Crippen LogP contribution in [0.3, 0.4) is 0 Å². The number of unbranched alkanes of at least 4 members (excludes halogenated alkanes) is 4. The molecule has 7 aliphatic carbocycles. The summed E-state index contributed by atoms with van der Waals surface area (Å²) in [6.45, 7) is 30.7. The molecule has 7 aromatic carbocycles. The second kappa shape index (κ2) is 47.1. The van der Waals surface area contributed by atoms with Gasteiger partial charge in [-0.1, -0.05) is 300 Å². The topological polar surface area (TPSA) is 218 Å². The monoisotopic (exact) mass is 1770 g/mol. The number of carbonyl (C=O) groups is 6. The molecule has 704 valence electrons. The third-order valence-electron chi connectivity index (χ3n) is 31.8. The predicted molar refractivity (Wildman–Crippen MR) is 518 cm³/mol. The normalized spacial score (nSPS) is 25.8. The van der Waals surface area contributed by atoms with E-state index in [0.717, 1.165) is 150 Å². The number of nitrogens with one attached hydrogen (secondary N) is 5. The van der Waals surface area contributed by atoms with E-state index in [2.05, 4.69) is 82.0 Å². The molecule has 14 rings (SSSR count). The predicted octanol–water partition coefficient (Wildman–Crippen LogP) is 27.0. The molecule has 7 saturated carbocycles. The lowest BCUT2D eigenvalue weighted by Gasteiger charge is -2.61. The van der Waals surface area contributed by atoms with Crippen molar-refractivity contribution in [3.8, 4) is 0 Å². The molecule has 7 aromatic rings. The fourth-order valence-electron chi connectivity index (χ4n) is 24.5. The highest BCUT2D eigenvalue weighted by atomic mass is 16.6. The molecule has 10 unspecified atom stereocenters. The van der Waals surface area contributed by atoms with E-state index in [1.807, 2.05) is 234 Å². The number of ether oxygens (including phenoxy) is 6. The van der Waals surface area contributed by atoms with Gasteiger partial charge in [0.2, 0.25) is 0 Å². The Kier molecular flexibility index (Phi) is 36.0. The molecule has 17 heteroatoms. The maximum absolute atomic E-state index is 12.9. The lowest BCUT2D eigenvalue weighted by Crippen LogP contribution is -2.55. The summed E-state index contributed by atoms with van der Waals surface area (Å²) in [5.41, 5.74) is 6.97. The van der Waals surface area contributed by atoms with E-state index in [0.29, 0.717) is 73.8 Å². The number of benzene rings is 7. The van der Waals surface area contributed by atoms with Crippen molar-refractivity contribution < 1.29 is 57.2 Å². The highest BCUT2D eigenvalue weighted by Crippen LogP contribution is 2.66. The summed E-state index contributed by atoms with van der Waals surface area (Å²) in [7, 11) is 0. The van der Waals surface area contributed by atoms with Crippen LogP contribution in [0.1, 0.15) is 307 Å². The summed E-state index contributed by atoms with van der Waals surface area (Å²) in [4.78, 5) is 76.3. The van der Waals surface area contributed by atoms with Crippen LogP contribution >= 0.6 is 0 Å². The summed E-state index contributed by atoms with van der Waals surface area (Å²) in [6.07, 6.45) is 28.1. The molecule has 7 aliphatic rings. The molecule has 0 aliphatic heterocycles. The van der Waals surface area contributed by atoms with Crippen LogP contribution in [0.4, 0.5) is 24.0 Å². The van der Waals surface area contributed by atoms with E-state index in [4.69, 9.17) is 28.4 Å². The summed E-state index contributed by atoms with van der Waals surface area (Å²) >= 11 is 0. The number of alkyl carbamates (subject to hydrolysis) is 5. The molecule has 0 heterocycles. The average molecular weight is 1780 g/mol. The second-order valence-electron chi connectivity index (χ2n) is 42.4. The van der Waals surface area contributed by atoms with Gasteiger partial charge in [0.25, 0.3) is 0 Å². The minimum absolute atomic E-state index is 0.00225. The highest BCUT2D eigenvalue weighted by molar-refractivity contribution is 5.71. The third-order valence-corrected chi connectivity index (χ3v) is 31.8. The van der Waals surface area contributed by atoms with Gasteiger partial charge in [-0.25, -0.2) is 24.0 Å². The van der Waals surface area contributed by atoms with Gasteiger partial charge < -0.3 is 55.0 Å². The molecule has 7 fully saturated rings. The van der Waals surface area contributed by atoms with Crippen LogP contribution in [-0.2, 0) is 57.5 Å². The van der Waals surface area contributed by atoms with E-state index in [9.17, 15) is 28.8 Å². The lowest BCUT2D eigenvalue weighted by atomic mass is 9.44. The van der Waals surface area contributed by atoms with Crippen LogP contribution in [0.2, 0.25) is 0 Å². The molecule has 14 atom stereocenters. The highest BCUT2D eigenvalue weighted by Gasteiger charge is 2.59. The Labute approximate surface area is 778 Å². The minimum Gasteiger partial charge on any atom is -0.465 e. The molecule has 5 N–H and O–H groups in total. The molecule has 0 saturated heterocycles. The zero-order valence-electron chi connectivity index (χ0n) is 80.4. The van der Waals surface area contributed by atoms with Gasteiger partial charge in [0.05, 0.1) is 24.3 Å². The van der Waals surface area contributed by atoms with Crippen molar-refractivity contribution in [2.24, 2.45) is 92.7 Å². The summed E-state index contributed by atoms with van der Waals surface area (Å²) in [6, 6.07) is 65.9. The lowest BCUT2D eigenvalue weighted by molar-refractivity contribution is -0.163. The summed E-state index contributed by atoms with van der Waals surface area (Å²) in [5.74, 6) is 8.96. The van der Waals surface area contributed by atoms with E-state index in [-0.39, 0.29) is 36.1 Å². The van der Waals surface area contributed by atoms with Crippen molar-refractivity contribution in [3.05, 3.63) is 251 Å². The zero-order chi connectivity index (χ0) is 92.3. The van der Waals surface area contributed by atoms with Crippen molar-refractivity contribution in [3.63, 3.8) is 0 Å². The van der Waals surface area contributed by atoms with E-state index < -0.39 is 47.7 Å². The van der Waals surface area contributed by atoms with Crippen molar-refractivity contribution in [2.75, 3.05) is 32.8 Å². The van der Waals surface area contributed by atoms with E-state index in [1.165, 1.54) is 103 Å². The summed E-state index contributed by atoms with van der Waals surface area (Å²) < 4.78 is 34.6. The minimum atomic E-state index is -0.687. The number of amides is 5. The Morgan fingerprint density at radius 3 is 1.17 bits per heavy atom. The van der Waals surface area contributed by atoms with Gasteiger partial charge in [0.1, 0.15) is 13.2 Å². The van der Waals surface area contributed by atoms with Gasteiger partial charge in [-0.3, -0.25) is 4.79 Å². The van der Waals surface area contributed by atoms with Crippen LogP contribution in [-0.4, -0.2) is 69.3 Å². The first kappa shape index (κ1) is 99.4. The molecule has 0 spiro atoms. The number of rotatable bonds is 32. The number of esters is 1. The molecular weight excluding hydrogens is 1620 g/mol. The molecule has 0 bridgehead atoms. The Balaban J connectivity index is 0.000000182. The molecular formula is C113H155N5O12. The first-order chi connectivity index (χ1) is 62.5. The van der Waals surface area contributed by atoms with E-state index >= 15 is 0 Å². The maximum Gasteiger partial charge on any atom is 0.408 e. The number of hydrogen-bond acceptors (Lipinski definition) is 12. The molecule has 5 amide bonds. The van der Waals surface area contributed by atoms with Gasteiger partial charge in [-0.2, -0.15) is 0 Å². The standard InChI is InChI=1S/C49H85NO4.C36H38N2O4.C28H32N2O4/c1-34(2)36-17-21-40-38(30-36)19-23-42-46(5,25-14-27-48(40,42)7)32-53-44(51)16-12-10-9-11-13-29-50-45(52)54-33-47(6)26-15-28-49(8)41-22-18-37(35(3)4)31-39(41)20-24-43(47)49;39-35(41-33(29-16-5-1-6-17-29)30-18-7-2-8-19-30)37-25-27-14-13-15-28(24-27)26-38-36(40)42-34(31-20-9-3-10-21-31)32-22-11-4-12-23-32;1-27(2,29-25(31)33-19-21-12-7-5-8-13-21)23-16-11-17-24(18-23)28(3,4)30-26(32)34-20-22-14-9-6-10-15-22/h34-43H,9-33H2,1-8H3,(H,50,52);1-12,16-23,27-28,33-34H,13-15,24-26H2,(H,37,39)(H,38,40);5-18H,19-20H2,1-4H3,(H,29,31)(H,30,32)/t36?,37?,38?,39?,40?,41?,42?,43?,46-,47+,48+,49-;;/m0../s1. The number of fused-ring (bicyclic) bond motifs is 6. The largest absolute Gasteiger partial charge is 0.465 e. The maximum atomic E-state index is 12.9. The Bertz CT molecular complexity index is 4290. The van der Waals surface area contributed by atoms with Crippen LogP contribution in [0, 0.1) is 92.7 Å². The van der Waals surface area contributed by atoms with Gasteiger partial charge in [0, 0.05) is 36.9 Å². The Morgan fingerprint density at radius 2 is 0.762 bits per heavy atom. The molecule has 130 heavy (non-hydrogen) atoms. The SMILES string of the molecule is CC(C)(NC(=O)OCc1ccccc1)c1cccc(C(C)(C)NC(=O)OCc2ccccc2)c1.CC(C)C1CCC2C(CCC3[C@@](C)(COC(=O)NCCCCCCCC(=O)OC[C@]4(C)CCC[C@]5(C)C6CCC(C(C)C)CC6CCC45)CCC[C@@]23C)C1.O=C(NCC1CCCC(CNC(=O)OC(c2ccccc2)c2ccccc2)C1)OC(c1ccccc1)c1ccccc1. The van der Waals surface area contributed by atoms with Crippen LogP contribution in [0.5, 0.6) is 0 Å². The van der Waals surface area contributed by atoms with Gasteiger partial charge in [-0.05, 0) is 276 Å². The number of carbonyl (C=O) groups excluding carboxylic acids is 6. The number of hydrogen-bond donors (Lipinski definition) is 5. The quantitative estimate of drug-likeness (QED) is 0.0151. The molecule has 0 radical (unpaired) electrons. The molecule has 17 nitrogen and oxygen atoms in total. The van der Waals surface area contributed by atoms with Crippen molar-refractivity contribution in [1.29, 1.82) is 0 Å². The first-order valence-electron chi connectivity index (χ1n) is 49.7. The second-order valence-corrected chi connectivity index (χ2v) is 42.4.